The van der Waals surface area contributed by atoms with Crippen molar-refractivity contribution in [3.8, 4) is 5.75 Å². The summed E-state index contributed by atoms with van der Waals surface area (Å²) < 4.78 is 5.04. The molecule has 2 unspecified atom stereocenters. The third-order valence-corrected chi connectivity index (χ3v) is 3.49. The number of ether oxygens (including phenoxy) is 1. The second kappa shape index (κ2) is 7.73. The van der Waals surface area contributed by atoms with Crippen LogP contribution in [0, 0.1) is 5.92 Å². The summed E-state index contributed by atoms with van der Waals surface area (Å²) in [7, 11) is 1.47. The van der Waals surface area contributed by atoms with Crippen molar-refractivity contribution >= 4 is 29.3 Å². The van der Waals surface area contributed by atoms with Gasteiger partial charge in [0.2, 0.25) is 0 Å². The molecule has 3 N–H and O–H groups in total. The van der Waals surface area contributed by atoms with Gasteiger partial charge in [-0.3, -0.25) is 0 Å². The Morgan fingerprint density at radius 1 is 1.43 bits per heavy atom. The zero-order valence-electron chi connectivity index (χ0n) is 12.1. The van der Waals surface area contributed by atoms with Crippen LogP contribution in [0.4, 0.5) is 10.5 Å². The second-order valence-electron chi connectivity index (χ2n) is 4.65. The monoisotopic (exact) mass is 314 g/mol. The van der Waals surface area contributed by atoms with E-state index in [2.05, 4.69) is 10.6 Å². The van der Waals surface area contributed by atoms with Crippen molar-refractivity contribution in [2.45, 2.75) is 26.3 Å². The van der Waals surface area contributed by atoms with E-state index in [1.54, 1.807) is 25.1 Å². The molecule has 0 spiro atoms. The van der Waals surface area contributed by atoms with E-state index >= 15 is 0 Å². The number of carbonyl (C=O) groups excluding carboxylic acids is 1. The number of carbonyl (C=O) groups is 2. The van der Waals surface area contributed by atoms with E-state index in [9.17, 15) is 9.59 Å². The van der Waals surface area contributed by atoms with Crippen molar-refractivity contribution in [3.05, 3.63) is 23.2 Å². The van der Waals surface area contributed by atoms with E-state index in [1.165, 1.54) is 7.11 Å². The molecule has 116 valence electrons. The van der Waals surface area contributed by atoms with Crippen molar-refractivity contribution < 1.29 is 19.4 Å². The van der Waals surface area contributed by atoms with E-state index in [0.29, 0.717) is 22.9 Å². The Bertz CT molecular complexity index is 522. The summed E-state index contributed by atoms with van der Waals surface area (Å²) in [5.41, 5.74) is 0.460. The lowest BCUT2D eigenvalue weighted by molar-refractivity contribution is -0.140. The number of anilines is 1. The highest BCUT2D eigenvalue weighted by Gasteiger charge is 2.25. The van der Waals surface area contributed by atoms with E-state index < -0.39 is 18.0 Å². The molecule has 2 amide bonds. The summed E-state index contributed by atoms with van der Waals surface area (Å²) in [5, 5.41) is 14.6. The van der Waals surface area contributed by atoms with Crippen LogP contribution in [0.25, 0.3) is 0 Å². The Kier molecular flexibility index (Phi) is 6.30. The van der Waals surface area contributed by atoms with Crippen LogP contribution in [-0.2, 0) is 4.79 Å². The zero-order chi connectivity index (χ0) is 16.0. The molecule has 0 radical (unpaired) electrons. The third kappa shape index (κ3) is 4.82. The molecule has 21 heavy (non-hydrogen) atoms. The topological polar surface area (TPSA) is 87.7 Å². The van der Waals surface area contributed by atoms with Crippen molar-refractivity contribution in [2.24, 2.45) is 5.92 Å². The van der Waals surface area contributed by atoms with E-state index in [-0.39, 0.29) is 5.92 Å². The van der Waals surface area contributed by atoms with Gasteiger partial charge in [-0.05, 0) is 18.1 Å². The van der Waals surface area contributed by atoms with Gasteiger partial charge < -0.3 is 20.5 Å². The average molecular weight is 315 g/mol. The van der Waals surface area contributed by atoms with E-state index in [1.807, 2.05) is 6.92 Å². The van der Waals surface area contributed by atoms with Crippen LogP contribution in [-0.4, -0.2) is 30.3 Å². The fraction of sp³-hybridized carbons (Fsp3) is 0.429. The molecular weight excluding hydrogens is 296 g/mol. The van der Waals surface area contributed by atoms with Gasteiger partial charge in [0.1, 0.15) is 11.8 Å². The molecule has 0 aliphatic heterocycles. The first kappa shape index (κ1) is 17.1. The van der Waals surface area contributed by atoms with Gasteiger partial charge in [0.05, 0.1) is 12.1 Å². The molecule has 0 aliphatic rings. The lowest BCUT2D eigenvalue weighted by Crippen LogP contribution is -2.46. The summed E-state index contributed by atoms with van der Waals surface area (Å²) in [6.07, 6.45) is 0.645. The Morgan fingerprint density at radius 3 is 2.62 bits per heavy atom. The SMILES string of the molecule is CCC(C)C(NC(=O)Nc1ccc(Cl)c(OC)c1)C(=O)O. The van der Waals surface area contributed by atoms with Gasteiger partial charge in [0.15, 0.2) is 0 Å². The minimum Gasteiger partial charge on any atom is -0.495 e. The number of benzene rings is 1. The minimum absolute atomic E-state index is 0.173. The van der Waals surface area contributed by atoms with Crippen LogP contribution in [0.5, 0.6) is 5.75 Å². The molecule has 0 aliphatic carbocycles. The standard InChI is InChI=1S/C14H19ClN2O4/c1-4-8(2)12(13(18)19)17-14(20)16-9-5-6-10(15)11(7-9)21-3/h5-8,12H,4H2,1-3H3,(H,18,19)(H2,16,17,20). The maximum Gasteiger partial charge on any atom is 0.326 e. The molecule has 0 fully saturated rings. The Balaban J connectivity index is 2.74. The third-order valence-electron chi connectivity index (χ3n) is 3.17. The normalized spacial score (nSPS) is 13.1. The quantitative estimate of drug-likeness (QED) is 0.753. The maximum atomic E-state index is 11.9. The average Bonchev–Trinajstić information content (AvgIpc) is 2.45. The summed E-state index contributed by atoms with van der Waals surface area (Å²) in [6.45, 7) is 3.63. The number of hydrogen-bond acceptors (Lipinski definition) is 3. The second-order valence-corrected chi connectivity index (χ2v) is 5.06. The Hall–Kier alpha value is -1.95. The van der Waals surface area contributed by atoms with Crippen molar-refractivity contribution in [1.29, 1.82) is 0 Å². The van der Waals surface area contributed by atoms with Gasteiger partial charge in [-0.1, -0.05) is 31.9 Å². The highest BCUT2D eigenvalue weighted by Crippen LogP contribution is 2.27. The first-order valence-electron chi connectivity index (χ1n) is 6.52. The fourth-order valence-corrected chi connectivity index (χ4v) is 1.92. The van der Waals surface area contributed by atoms with Gasteiger partial charge in [0, 0.05) is 11.8 Å². The summed E-state index contributed by atoms with van der Waals surface area (Å²) in [5.74, 6) is -0.813. The van der Waals surface area contributed by atoms with E-state index in [0.717, 1.165) is 0 Å². The number of hydrogen-bond donors (Lipinski definition) is 3. The van der Waals surface area contributed by atoms with Gasteiger partial charge >= 0.3 is 12.0 Å². The molecule has 1 aromatic carbocycles. The Labute approximate surface area is 128 Å². The number of methoxy groups -OCH3 is 1. The summed E-state index contributed by atoms with van der Waals surface area (Å²) >= 11 is 5.89. The molecular formula is C14H19ClN2O4. The Morgan fingerprint density at radius 2 is 2.10 bits per heavy atom. The summed E-state index contributed by atoms with van der Waals surface area (Å²) in [4.78, 5) is 23.0. The molecule has 0 aromatic heterocycles. The number of amides is 2. The number of carboxylic acid groups (broad SMARTS) is 1. The smallest absolute Gasteiger partial charge is 0.326 e. The first-order chi connectivity index (χ1) is 9.88. The van der Waals surface area contributed by atoms with Gasteiger partial charge in [-0.25, -0.2) is 9.59 Å². The molecule has 0 bridgehead atoms. The first-order valence-corrected chi connectivity index (χ1v) is 6.90. The highest BCUT2D eigenvalue weighted by molar-refractivity contribution is 6.32. The number of aliphatic carboxylic acids is 1. The molecule has 2 atom stereocenters. The van der Waals surface area contributed by atoms with Crippen molar-refractivity contribution in [2.75, 3.05) is 12.4 Å². The maximum absolute atomic E-state index is 11.9. The molecule has 1 aromatic rings. The largest absolute Gasteiger partial charge is 0.495 e. The molecule has 0 saturated heterocycles. The van der Waals surface area contributed by atoms with Crippen LogP contribution in [0.15, 0.2) is 18.2 Å². The van der Waals surface area contributed by atoms with Crippen LogP contribution >= 0.6 is 11.6 Å². The predicted molar refractivity (Wildman–Crippen MR) is 81.0 cm³/mol. The van der Waals surface area contributed by atoms with Crippen LogP contribution in [0.2, 0.25) is 5.02 Å². The number of halogens is 1. The van der Waals surface area contributed by atoms with Gasteiger partial charge in [-0.15, -0.1) is 0 Å². The number of nitrogens with one attached hydrogen (secondary N) is 2. The molecule has 6 nitrogen and oxygen atoms in total. The van der Waals surface area contributed by atoms with E-state index in [4.69, 9.17) is 21.4 Å². The molecule has 7 heteroatoms. The number of carboxylic acids is 1. The molecule has 1 rings (SSSR count). The molecule has 0 heterocycles. The minimum atomic E-state index is -1.06. The van der Waals surface area contributed by atoms with Gasteiger partial charge in [0.25, 0.3) is 0 Å². The van der Waals surface area contributed by atoms with Crippen LogP contribution < -0.4 is 15.4 Å². The number of urea groups is 1. The van der Waals surface area contributed by atoms with Crippen molar-refractivity contribution in [3.63, 3.8) is 0 Å². The van der Waals surface area contributed by atoms with Crippen molar-refractivity contribution in [1.82, 2.24) is 5.32 Å². The van der Waals surface area contributed by atoms with Crippen LogP contribution in [0.3, 0.4) is 0 Å². The lowest BCUT2D eigenvalue weighted by Gasteiger charge is -2.20. The predicted octanol–water partition coefficient (Wildman–Crippen LogP) is 2.97. The summed E-state index contributed by atoms with van der Waals surface area (Å²) in [6, 6.07) is 3.21. The zero-order valence-corrected chi connectivity index (χ0v) is 12.9. The molecule has 0 saturated carbocycles. The number of rotatable bonds is 6. The van der Waals surface area contributed by atoms with Crippen LogP contribution in [0.1, 0.15) is 20.3 Å². The fourth-order valence-electron chi connectivity index (χ4n) is 1.73. The van der Waals surface area contributed by atoms with Gasteiger partial charge in [-0.2, -0.15) is 0 Å². The lowest BCUT2D eigenvalue weighted by atomic mass is 9.99. The highest BCUT2D eigenvalue weighted by atomic mass is 35.5.